The topological polar surface area (TPSA) is 26.0 Å². The van der Waals surface area contributed by atoms with Crippen LogP contribution in [0.3, 0.4) is 0 Å². The van der Waals surface area contributed by atoms with Crippen LogP contribution >= 0.6 is 12.6 Å². The average molecular weight is 209 g/mol. The van der Waals surface area contributed by atoms with Crippen LogP contribution < -0.4 is 5.73 Å². The van der Waals surface area contributed by atoms with Gasteiger partial charge in [-0.2, -0.15) is 0 Å². The Morgan fingerprint density at radius 1 is 1.00 bits per heavy atom. The SMILES string of the molecule is Cc1c(C)c(S)c(N)c(C(C)C)c1C. The van der Waals surface area contributed by atoms with Crippen molar-refractivity contribution in [3.05, 3.63) is 22.3 Å². The van der Waals surface area contributed by atoms with Crippen molar-refractivity contribution < 1.29 is 0 Å². The van der Waals surface area contributed by atoms with Gasteiger partial charge >= 0.3 is 0 Å². The van der Waals surface area contributed by atoms with Crippen LogP contribution in [0.25, 0.3) is 0 Å². The number of benzene rings is 1. The Morgan fingerprint density at radius 2 is 1.50 bits per heavy atom. The van der Waals surface area contributed by atoms with Gasteiger partial charge in [0.15, 0.2) is 0 Å². The van der Waals surface area contributed by atoms with Crippen molar-refractivity contribution in [2.45, 2.75) is 45.4 Å². The lowest BCUT2D eigenvalue weighted by Crippen LogP contribution is -2.05. The van der Waals surface area contributed by atoms with Crippen LogP contribution in [0.5, 0.6) is 0 Å². The molecule has 0 saturated heterocycles. The van der Waals surface area contributed by atoms with Gasteiger partial charge in [0.1, 0.15) is 0 Å². The van der Waals surface area contributed by atoms with Gasteiger partial charge in [-0.05, 0) is 48.9 Å². The summed E-state index contributed by atoms with van der Waals surface area (Å²) in [6, 6.07) is 0. The summed E-state index contributed by atoms with van der Waals surface area (Å²) >= 11 is 4.47. The third-order valence-corrected chi connectivity index (χ3v) is 3.58. The fourth-order valence-corrected chi connectivity index (χ4v) is 2.22. The van der Waals surface area contributed by atoms with E-state index in [4.69, 9.17) is 5.73 Å². The number of hydrogen-bond donors (Lipinski definition) is 2. The van der Waals surface area contributed by atoms with E-state index in [0.717, 1.165) is 10.6 Å². The molecule has 2 heteroatoms. The van der Waals surface area contributed by atoms with E-state index in [9.17, 15) is 0 Å². The summed E-state index contributed by atoms with van der Waals surface area (Å²) in [6.45, 7) is 10.7. The summed E-state index contributed by atoms with van der Waals surface area (Å²) in [6.07, 6.45) is 0. The quantitative estimate of drug-likeness (QED) is 0.536. The van der Waals surface area contributed by atoms with Gasteiger partial charge in [0.2, 0.25) is 0 Å². The Hall–Kier alpha value is -0.630. The highest BCUT2D eigenvalue weighted by molar-refractivity contribution is 7.80. The van der Waals surface area contributed by atoms with Crippen molar-refractivity contribution in [3.8, 4) is 0 Å². The standard InChI is InChI=1S/C12H19NS/c1-6(2)10-8(4)7(3)9(5)12(14)11(10)13/h6,14H,13H2,1-5H3. The smallest absolute Gasteiger partial charge is 0.0490 e. The number of nitrogen functional groups attached to an aromatic ring is 1. The maximum Gasteiger partial charge on any atom is 0.0490 e. The Labute approximate surface area is 92.1 Å². The molecule has 2 N–H and O–H groups in total. The Bertz CT molecular complexity index is 338. The molecule has 1 aromatic rings. The monoisotopic (exact) mass is 209 g/mol. The molecule has 0 amide bonds. The van der Waals surface area contributed by atoms with Crippen LogP contribution in [0.2, 0.25) is 0 Å². The highest BCUT2D eigenvalue weighted by atomic mass is 32.1. The maximum atomic E-state index is 6.08. The summed E-state index contributed by atoms with van der Waals surface area (Å²) in [5.41, 5.74) is 12.0. The number of anilines is 1. The zero-order valence-corrected chi connectivity index (χ0v) is 10.5. The van der Waals surface area contributed by atoms with Gasteiger partial charge < -0.3 is 5.73 Å². The van der Waals surface area contributed by atoms with E-state index < -0.39 is 0 Å². The lowest BCUT2D eigenvalue weighted by Gasteiger charge is -2.19. The van der Waals surface area contributed by atoms with Crippen molar-refractivity contribution >= 4 is 18.3 Å². The highest BCUT2D eigenvalue weighted by Gasteiger charge is 2.15. The Kier molecular flexibility index (Phi) is 3.15. The van der Waals surface area contributed by atoms with E-state index in [1.165, 1.54) is 22.3 Å². The first-order valence-electron chi connectivity index (χ1n) is 4.96. The van der Waals surface area contributed by atoms with E-state index in [1.54, 1.807) is 0 Å². The number of thiol groups is 1. The molecule has 0 aliphatic carbocycles. The first-order valence-corrected chi connectivity index (χ1v) is 5.40. The molecule has 1 nitrogen and oxygen atoms in total. The van der Waals surface area contributed by atoms with Crippen molar-refractivity contribution in [3.63, 3.8) is 0 Å². The summed E-state index contributed by atoms with van der Waals surface area (Å²) in [5.74, 6) is 0.459. The molecule has 0 saturated carbocycles. The van der Waals surface area contributed by atoms with Crippen LogP contribution in [0.1, 0.15) is 42.0 Å². The zero-order valence-electron chi connectivity index (χ0n) is 9.60. The van der Waals surface area contributed by atoms with Gasteiger partial charge in [-0.1, -0.05) is 13.8 Å². The predicted octanol–water partition coefficient (Wildman–Crippen LogP) is 3.61. The molecule has 0 aliphatic rings. The number of nitrogens with two attached hydrogens (primary N) is 1. The molecule has 78 valence electrons. The molecule has 0 radical (unpaired) electrons. The minimum absolute atomic E-state index is 0.459. The normalized spacial score (nSPS) is 11.1. The summed E-state index contributed by atoms with van der Waals surface area (Å²) in [7, 11) is 0. The number of rotatable bonds is 1. The van der Waals surface area contributed by atoms with Crippen molar-refractivity contribution in [2.24, 2.45) is 0 Å². The molecule has 0 fully saturated rings. The fraction of sp³-hybridized carbons (Fsp3) is 0.500. The highest BCUT2D eigenvalue weighted by Crippen LogP contribution is 2.35. The van der Waals surface area contributed by atoms with E-state index in [-0.39, 0.29) is 0 Å². The molecule has 0 atom stereocenters. The average Bonchev–Trinajstić information content (AvgIpc) is 2.11. The van der Waals surface area contributed by atoms with E-state index >= 15 is 0 Å². The van der Waals surface area contributed by atoms with Gasteiger partial charge in [-0.3, -0.25) is 0 Å². The fourth-order valence-electron chi connectivity index (χ4n) is 1.94. The maximum absolute atomic E-state index is 6.08. The summed E-state index contributed by atoms with van der Waals surface area (Å²) in [4.78, 5) is 0.941. The first kappa shape index (κ1) is 11.4. The van der Waals surface area contributed by atoms with Gasteiger partial charge in [0.25, 0.3) is 0 Å². The Morgan fingerprint density at radius 3 is 1.93 bits per heavy atom. The van der Waals surface area contributed by atoms with E-state index in [1.807, 2.05) is 0 Å². The molecule has 0 unspecified atom stereocenters. The Balaban J connectivity index is 3.60. The molecule has 1 rings (SSSR count). The van der Waals surface area contributed by atoms with Crippen molar-refractivity contribution in [1.82, 2.24) is 0 Å². The first-order chi connectivity index (χ1) is 6.37. The van der Waals surface area contributed by atoms with Crippen LogP contribution in [-0.4, -0.2) is 0 Å². The molecule has 0 bridgehead atoms. The lowest BCUT2D eigenvalue weighted by atomic mass is 9.90. The third-order valence-electron chi connectivity index (χ3n) is 3.01. The van der Waals surface area contributed by atoms with E-state index in [2.05, 4.69) is 47.2 Å². The molecule has 0 aliphatic heterocycles. The molecule has 0 aromatic heterocycles. The molecular formula is C12H19NS. The van der Waals surface area contributed by atoms with Crippen molar-refractivity contribution in [2.75, 3.05) is 5.73 Å². The van der Waals surface area contributed by atoms with Gasteiger partial charge in [-0.15, -0.1) is 12.6 Å². The second kappa shape index (κ2) is 3.85. The second-order valence-electron chi connectivity index (χ2n) is 4.21. The lowest BCUT2D eigenvalue weighted by molar-refractivity contribution is 0.850. The molecule has 0 spiro atoms. The molecule has 0 heterocycles. The zero-order chi connectivity index (χ0) is 11.0. The van der Waals surface area contributed by atoms with Crippen LogP contribution in [-0.2, 0) is 0 Å². The largest absolute Gasteiger partial charge is 0.398 e. The minimum atomic E-state index is 0.459. The van der Waals surface area contributed by atoms with Crippen LogP contribution in [0, 0.1) is 20.8 Å². The predicted molar refractivity (Wildman–Crippen MR) is 66.4 cm³/mol. The molecule has 1 aromatic carbocycles. The van der Waals surface area contributed by atoms with Gasteiger partial charge in [-0.25, -0.2) is 0 Å². The molecular weight excluding hydrogens is 190 g/mol. The molecule has 14 heavy (non-hydrogen) atoms. The van der Waals surface area contributed by atoms with E-state index in [0.29, 0.717) is 5.92 Å². The van der Waals surface area contributed by atoms with Gasteiger partial charge in [0.05, 0.1) is 0 Å². The summed E-state index contributed by atoms with van der Waals surface area (Å²) in [5, 5.41) is 0. The van der Waals surface area contributed by atoms with Gasteiger partial charge in [0, 0.05) is 10.6 Å². The second-order valence-corrected chi connectivity index (χ2v) is 4.65. The summed E-state index contributed by atoms with van der Waals surface area (Å²) < 4.78 is 0. The van der Waals surface area contributed by atoms with Crippen LogP contribution in [0.4, 0.5) is 5.69 Å². The minimum Gasteiger partial charge on any atom is -0.398 e. The third kappa shape index (κ3) is 1.63. The van der Waals surface area contributed by atoms with Crippen molar-refractivity contribution in [1.29, 1.82) is 0 Å². The van der Waals surface area contributed by atoms with Crippen LogP contribution in [0.15, 0.2) is 4.90 Å². The number of hydrogen-bond acceptors (Lipinski definition) is 2.